The molecule has 0 fully saturated rings. The van der Waals surface area contributed by atoms with E-state index in [-0.39, 0.29) is 5.91 Å². The second kappa shape index (κ2) is 8.44. The van der Waals surface area contributed by atoms with Crippen LogP contribution in [0, 0.1) is 0 Å². The number of anilines is 2. The standard InChI is InChI=1S/C19H19N3O3S/c1-3-18-15(12-20-25-18)19(23)21-16-6-4-5-7-17(16)22-26-14-10-8-13(24-2)9-11-14/h4-12,22H,3H2,1-2H3,(H,21,23). The average Bonchev–Trinajstić information content (AvgIpc) is 3.16. The quantitative estimate of drug-likeness (QED) is 0.592. The highest BCUT2D eigenvalue weighted by atomic mass is 32.2. The van der Waals surface area contributed by atoms with Crippen molar-refractivity contribution in [3.05, 3.63) is 66.1 Å². The summed E-state index contributed by atoms with van der Waals surface area (Å²) in [7, 11) is 1.64. The van der Waals surface area contributed by atoms with Crippen LogP contribution in [0.5, 0.6) is 5.75 Å². The van der Waals surface area contributed by atoms with E-state index in [1.165, 1.54) is 18.1 Å². The van der Waals surface area contributed by atoms with Crippen molar-refractivity contribution in [2.45, 2.75) is 18.2 Å². The van der Waals surface area contributed by atoms with E-state index in [2.05, 4.69) is 15.2 Å². The first-order chi connectivity index (χ1) is 12.7. The van der Waals surface area contributed by atoms with Gasteiger partial charge in [0.1, 0.15) is 17.1 Å². The topological polar surface area (TPSA) is 76.4 Å². The Morgan fingerprint density at radius 3 is 2.58 bits per heavy atom. The summed E-state index contributed by atoms with van der Waals surface area (Å²) >= 11 is 1.45. The van der Waals surface area contributed by atoms with Crippen LogP contribution in [0.1, 0.15) is 23.0 Å². The molecule has 0 spiro atoms. The number of benzene rings is 2. The SMILES string of the molecule is CCc1oncc1C(=O)Nc1ccccc1NSc1ccc(OC)cc1. The lowest BCUT2D eigenvalue weighted by molar-refractivity contribution is 0.102. The molecule has 6 nitrogen and oxygen atoms in total. The molecule has 1 aromatic heterocycles. The average molecular weight is 369 g/mol. The number of rotatable bonds is 7. The minimum Gasteiger partial charge on any atom is -0.497 e. The zero-order valence-electron chi connectivity index (χ0n) is 14.5. The zero-order valence-corrected chi connectivity index (χ0v) is 15.3. The summed E-state index contributed by atoms with van der Waals surface area (Å²) in [5, 5.41) is 6.61. The summed E-state index contributed by atoms with van der Waals surface area (Å²) in [6, 6.07) is 15.2. The maximum atomic E-state index is 12.5. The van der Waals surface area contributed by atoms with Crippen molar-refractivity contribution in [2.24, 2.45) is 0 Å². The van der Waals surface area contributed by atoms with Gasteiger partial charge in [0.05, 0.1) is 24.7 Å². The monoisotopic (exact) mass is 369 g/mol. The molecule has 0 aliphatic heterocycles. The molecule has 1 amide bonds. The van der Waals surface area contributed by atoms with Gasteiger partial charge in [-0.2, -0.15) is 0 Å². The lowest BCUT2D eigenvalue weighted by Gasteiger charge is -2.12. The molecule has 0 aliphatic carbocycles. The lowest BCUT2D eigenvalue weighted by Crippen LogP contribution is -2.13. The minimum absolute atomic E-state index is 0.244. The summed E-state index contributed by atoms with van der Waals surface area (Å²) in [6.07, 6.45) is 2.05. The minimum atomic E-state index is -0.244. The smallest absolute Gasteiger partial charge is 0.260 e. The highest BCUT2D eigenvalue weighted by molar-refractivity contribution is 8.00. The number of ether oxygens (including phenoxy) is 1. The zero-order chi connectivity index (χ0) is 18.4. The Morgan fingerprint density at radius 1 is 1.15 bits per heavy atom. The Hall–Kier alpha value is -2.93. The highest BCUT2D eigenvalue weighted by Crippen LogP contribution is 2.28. The number of nitrogens with one attached hydrogen (secondary N) is 2. The number of hydrogen-bond acceptors (Lipinski definition) is 6. The van der Waals surface area contributed by atoms with Gasteiger partial charge in [0.25, 0.3) is 5.91 Å². The van der Waals surface area contributed by atoms with Gasteiger partial charge in [-0.1, -0.05) is 24.2 Å². The van der Waals surface area contributed by atoms with Crippen molar-refractivity contribution in [3.63, 3.8) is 0 Å². The normalized spacial score (nSPS) is 10.4. The molecule has 3 rings (SSSR count). The van der Waals surface area contributed by atoms with Crippen LogP contribution in [0.2, 0.25) is 0 Å². The van der Waals surface area contributed by atoms with E-state index in [0.29, 0.717) is 23.4 Å². The number of nitrogens with zero attached hydrogens (tertiary/aromatic N) is 1. The van der Waals surface area contributed by atoms with Crippen molar-refractivity contribution in [1.82, 2.24) is 5.16 Å². The second-order valence-electron chi connectivity index (χ2n) is 5.40. The van der Waals surface area contributed by atoms with Crippen LogP contribution in [-0.4, -0.2) is 18.2 Å². The summed E-state index contributed by atoms with van der Waals surface area (Å²) in [4.78, 5) is 13.5. The van der Waals surface area contributed by atoms with E-state index in [0.717, 1.165) is 16.3 Å². The third-order valence-electron chi connectivity index (χ3n) is 3.72. The first-order valence-electron chi connectivity index (χ1n) is 8.12. The Kier molecular flexibility index (Phi) is 5.80. The van der Waals surface area contributed by atoms with Crippen LogP contribution in [0.4, 0.5) is 11.4 Å². The first kappa shape index (κ1) is 17.9. The second-order valence-corrected chi connectivity index (χ2v) is 6.28. The van der Waals surface area contributed by atoms with E-state index in [1.807, 2.05) is 55.5 Å². The third kappa shape index (κ3) is 4.18. The molecule has 0 unspecified atom stereocenters. The van der Waals surface area contributed by atoms with Gasteiger partial charge in [0.15, 0.2) is 0 Å². The third-order valence-corrected chi connectivity index (χ3v) is 4.55. The Bertz CT molecular complexity index is 878. The van der Waals surface area contributed by atoms with E-state index in [4.69, 9.17) is 9.26 Å². The molecule has 2 aromatic carbocycles. The fraction of sp³-hybridized carbons (Fsp3) is 0.158. The largest absolute Gasteiger partial charge is 0.497 e. The molecule has 7 heteroatoms. The molecule has 0 aliphatic rings. The maximum absolute atomic E-state index is 12.5. The van der Waals surface area contributed by atoms with Gasteiger partial charge in [-0.25, -0.2) is 0 Å². The molecule has 0 saturated heterocycles. The maximum Gasteiger partial charge on any atom is 0.260 e. The molecular weight excluding hydrogens is 350 g/mol. The van der Waals surface area contributed by atoms with Crippen LogP contribution < -0.4 is 14.8 Å². The summed E-state index contributed by atoms with van der Waals surface area (Å²) in [5.74, 6) is 1.13. The number of carbonyl (C=O) groups excluding carboxylic acids is 1. The summed E-state index contributed by atoms with van der Waals surface area (Å²) < 4.78 is 13.5. The molecule has 134 valence electrons. The number of hydrogen-bond donors (Lipinski definition) is 2. The molecule has 26 heavy (non-hydrogen) atoms. The van der Waals surface area contributed by atoms with Crippen LogP contribution in [0.15, 0.2) is 64.1 Å². The molecule has 0 radical (unpaired) electrons. The van der Waals surface area contributed by atoms with Crippen molar-refractivity contribution in [3.8, 4) is 5.75 Å². The van der Waals surface area contributed by atoms with Crippen molar-refractivity contribution in [2.75, 3.05) is 17.1 Å². The molecule has 0 saturated carbocycles. The van der Waals surface area contributed by atoms with Crippen LogP contribution in [0.3, 0.4) is 0 Å². The van der Waals surface area contributed by atoms with E-state index >= 15 is 0 Å². The Labute approximate surface area is 156 Å². The van der Waals surface area contributed by atoms with Gasteiger partial charge in [0, 0.05) is 11.3 Å². The number of methoxy groups -OCH3 is 1. The van der Waals surface area contributed by atoms with E-state index < -0.39 is 0 Å². The number of para-hydroxylation sites is 2. The number of aryl methyl sites for hydroxylation is 1. The first-order valence-corrected chi connectivity index (χ1v) is 8.93. The predicted octanol–water partition coefficient (Wildman–Crippen LogP) is 4.62. The van der Waals surface area contributed by atoms with Crippen LogP contribution in [0.25, 0.3) is 0 Å². The molecule has 3 aromatic rings. The summed E-state index contributed by atoms with van der Waals surface area (Å²) in [6.45, 7) is 1.91. The fourth-order valence-corrected chi connectivity index (χ4v) is 3.01. The van der Waals surface area contributed by atoms with Gasteiger partial charge >= 0.3 is 0 Å². The fourth-order valence-electron chi connectivity index (χ4n) is 2.33. The van der Waals surface area contributed by atoms with E-state index in [9.17, 15) is 4.79 Å². The van der Waals surface area contributed by atoms with Gasteiger partial charge in [-0.3, -0.25) is 4.79 Å². The van der Waals surface area contributed by atoms with Crippen molar-refractivity contribution in [1.29, 1.82) is 0 Å². The Morgan fingerprint density at radius 2 is 1.88 bits per heavy atom. The van der Waals surface area contributed by atoms with Gasteiger partial charge in [-0.05, 0) is 48.3 Å². The van der Waals surface area contributed by atoms with Gasteiger partial charge < -0.3 is 19.3 Å². The highest BCUT2D eigenvalue weighted by Gasteiger charge is 2.16. The van der Waals surface area contributed by atoms with Crippen LogP contribution >= 0.6 is 11.9 Å². The Balaban J connectivity index is 1.70. The molecule has 2 N–H and O–H groups in total. The van der Waals surface area contributed by atoms with Gasteiger partial charge in [-0.15, -0.1) is 0 Å². The molecule has 0 atom stereocenters. The van der Waals surface area contributed by atoms with Crippen molar-refractivity contribution >= 4 is 29.2 Å². The van der Waals surface area contributed by atoms with Crippen molar-refractivity contribution < 1.29 is 14.1 Å². The molecule has 1 heterocycles. The van der Waals surface area contributed by atoms with E-state index in [1.54, 1.807) is 7.11 Å². The predicted molar refractivity (Wildman–Crippen MR) is 103 cm³/mol. The van der Waals surface area contributed by atoms with Gasteiger partial charge in [0.2, 0.25) is 0 Å². The molecule has 0 bridgehead atoms. The lowest BCUT2D eigenvalue weighted by atomic mass is 10.2. The summed E-state index contributed by atoms with van der Waals surface area (Å²) in [5.41, 5.74) is 1.93. The van der Waals surface area contributed by atoms with Crippen LogP contribution in [-0.2, 0) is 6.42 Å². The number of amides is 1. The number of carbonyl (C=O) groups is 1. The molecular formula is C19H19N3O3S. The number of aromatic nitrogens is 1.